The first-order chi connectivity index (χ1) is 8.58. The lowest BCUT2D eigenvalue weighted by atomic mass is 10.2. The Kier molecular flexibility index (Phi) is 3.27. The molecule has 3 N–H and O–H groups in total. The summed E-state index contributed by atoms with van der Waals surface area (Å²) in [6.07, 6.45) is 0. The molecule has 18 heavy (non-hydrogen) atoms. The number of hydrogen-bond acceptors (Lipinski definition) is 4. The van der Waals surface area contributed by atoms with E-state index in [4.69, 9.17) is 5.11 Å². The van der Waals surface area contributed by atoms with Crippen molar-refractivity contribution in [2.24, 2.45) is 4.99 Å². The van der Waals surface area contributed by atoms with Crippen LogP contribution >= 0.6 is 0 Å². The molecule has 0 bridgehead atoms. The number of carboxylic acids is 1. The van der Waals surface area contributed by atoms with E-state index >= 15 is 0 Å². The molecule has 1 aliphatic heterocycles. The van der Waals surface area contributed by atoms with Gasteiger partial charge in [-0.05, 0) is 19.1 Å². The van der Waals surface area contributed by atoms with Crippen molar-refractivity contribution < 1.29 is 14.7 Å². The van der Waals surface area contributed by atoms with E-state index in [0.29, 0.717) is 6.54 Å². The third-order valence-corrected chi connectivity index (χ3v) is 2.53. The zero-order chi connectivity index (χ0) is 13.1. The molecule has 1 heterocycles. The number of aliphatic imine (C=N–C) groups is 1. The van der Waals surface area contributed by atoms with Crippen molar-refractivity contribution in [1.82, 2.24) is 5.32 Å². The van der Waals surface area contributed by atoms with Crippen LogP contribution in [0.25, 0.3) is 0 Å². The SMILES string of the molecule is CC1CN=C(C(=O)Nc2ccccc2C(=O)O)N1. The van der Waals surface area contributed by atoms with Crippen LogP contribution in [0.5, 0.6) is 0 Å². The molecule has 0 radical (unpaired) electrons. The van der Waals surface area contributed by atoms with Gasteiger partial charge in [0.15, 0.2) is 5.84 Å². The number of amides is 1. The van der Waals surface area contributed by atoms with Crippen LogP contribution in [-0.4, -0.2) is 35.4 Å². The number of amidine groups is 1. The Morgan fingerprint density at radius 2 is 2.17 bits per heavy atom. The summed E-state index contributed by atoms with van der Waals surface area (Å²) in [5.41, 5.74) is 0.316. The molecule has 0 saturated carbocycles. The van der Waals surface area contributed by atoms with Crippen molar-refractivity contribution >= 4 is 23.4 Å². The molecule has 1 atom stereocenters. The minimum atomic E-state index is -1.08. The molecule has 1 amide bonds. The second-order valence-electron chi connectivity index (χ2n) is 4.04. The molecule has 0 fully saturated rings. The Balaban J connectivity index is 2.15. The predicted molar refractivity (Wildman–Crippen MR) is 66.9 cm³/mol. The van der Waals surface area contributed by atoms with Crippen LogP contribution in [0.2, 0.25) is 0 Å². The number of aromatic carboxylic acids is 1. The minimum Gasteiger partial charge on any atom is -0.478 e. The van der Waals surface area contributed by atoms with Gasteiger partial charge in [-0.25, -0.2) is 4.79 Å². The fourth-order valence-corrected chi connectivity index (χ4v) is 1.65. The molecule has 0 aromatic heterocycles. The Morgan fingerprint density at radius 3 is 2.78 bits per heavy atom. The zero-order valence-corrected chi connectivity index (χ0v) is 9.80. The molecule has 2 rings (SSSR count). The second kappa shape index (κ2) is 4.87. The van der Waals surface area contributed by atoms with Crippen molar-refractivity contribution in [2.75, 3.05) is 11.9 Å². The Bertz CT molecular complexity index is 525. The maximum Gasteiger partial charge on any atom is 0.337 e. The number of hydrogen-bond donors (Lipinski definition) is 3. The van der Waals surface area contributed by atoms with E-state index < -0.39 is 11.9 Å². The van der Waals surface area contributed by atoms with Crippen LogP contribution in [-0.2, 0) is 4.79 Å². The molecule has 0 saturated heterocycles. The summed E-state index contributed by atoms with van der Waals surface area (Å²) < 4.78 is 0. The third-order valence-electron chi connectivity index (χ3n) is 2.53. The number of anilines is 1. The van der Waals surface area contributed by atoms with E-state index in [9.17, 15) is 9.59 Å². The summed E-state index contributed by atoms with van der Waals surface area (Å²) >= 11 is 0. The van der Waals surface area contributed by atoms with Crippen LogP contribution in [0.3, 0.4) is 0 Å². The van der Waals surface area contributed by atoms with Crippen LogP contribution in [0.1, 0.15) is 17.3 Å². The highest BCUT2D eigenvalue weighted by Gasteiger charge is 2.20. The maximum absolute atomic E-state index is 11.8. The van der Waals surface area contributed by atoms with Gasteiger partial charge < -0.3 is 15.7 Å². The van der Waals surface area contributed by atoms with E-state index in [1.54, 1.807) is 18.2 Å². The molecular weight excluding hydrogens is 234 g/mol. The second-order valence-corrected chi connectivity index (χ2v) is 4.04. The topological polar surface area (TPSA) is 90.8 Å². The average Bonchev–Trinajstić information content (AvgIpc) is 2.76. The lowest BCUT2D eigenvalue weighted by molar-refractivity contribution is -0.110. The molecule has 1 aromatic rings. The fourth-order valence-electron chi connectivity index (χ4n) is 1.65. The van der Waals surface area contributed by atoms with E-state index in [-0.39, 0.29) is 23.1 Å². The summed E-state index contributed by atoms with van der Waals surface area (Å²) in [5.74, 6) is -1.27. The Hall–Kier alpha value is -2.37. The Labute approximate surface area is 104 Å². The quantitative estimate of drug-likeness (QED) is 0.733. The summed E-state index contributed by atoms with van der Waals surface area (Å²) in [6, 6.07) is 6.37. The molecule has 1 unspecified atom stereocenters. The summed E-state index contributed by atoms with van der Waals surface area (Å²) in [7, 11) is 0. The highest BCUT2D eigenvalue weighted by Crippen LogP contribution is 2.15. The fraction of sp³-hybridized carbons (Fsp3) is 0.250. The first-order valence-electron chi connectivity index (χ1n) is 5.52. The zero-order valence-electron chi connectivity index (χ0n) is 9.80. The normalized spacial score (nSPS) is 17.8. The van der Waals surface area contributed by atoms with Gasteiger partial charge in [-0.1, -0.05) is 12.1 Å². The maximum atomic E-state index is 11.8. The standard InChI is InChI=1S/C12H13N3O3/c1-7-6-13-10(14-7)11(16)15-9-5-3-2-4-8(9)12(17)18/h2-5,7H,6H2,1H3,(H,13,14)(H,15,16)(H,17,18). The predicted octanol–water partition coefficient (Wildman–Crippen LogP) is 0.714. The summed E-state index contributed by atoms with van der Waals surface area (Å²) in [4.78, 5) is 26.9. The van der Waals surface area contributed by atoms with E-state index in [2.05, 4.69) is 15.6 Å². The van der Waals surface area contributed by atoms with Crippen LogP contribution in [0, 0.1) is 0 Å². The monoisotopic (exact) mass is 247 g/mol. The van der Waals surface area contributed by atoms with Crippen molar-refractivity contribution in [2.45, 2.75) is 13.0 Å². The van der Waals surface area contributed by atoms with E-state index in [0.717, 1.165) is 0 Å². The van der Waals surface area contributed by atoms with Crippen molar-refractivity contribution in [1.29, 1.82) is 0 Å². The lowest BCUT2D eigenvalue weighted by Gasteiger charge is -2.09. The highest BCUT2D eigenvalue weighted by atomic mass is 16.4. The third kappa shape index (κ3) is 2.48. The van der Waals surface area contributed by atoms with Crippen molar-refractivity contribution in [3.8, 4) is 0 Å². The number of para-hydroxylation sites is 1. The molecule has 94 valence electrons. The number of benzene rings is 1. The van der Waals surface area contributed by atoms with Crippen molar-refractivity contribution in [3.63, 3.8) is 0 Å². The molecule has 6 nitrogen and oxygen atoms in total. The summed E-state index contributed by atoms with van der Waals surface area (Å²) in [6.45, 7) is 2.46. The molecule has 1 aliphatic rings. The van der Waals surface area contributed by atoms with Crippen LogP contribution < -0.4 is 10.6 Å². The first-order valence-corrected chi connectivity index (χ1v) is 5.52. The molecule has 0 spiro atoms. The average molecular weight is 247 g/mol. The first kappa shape index (κ1) is 12.1. The number of rotatable bonds is 3. The number of carboxylic acid groups (broad SMARTS) is 1. The van der Waals surface area contributed by atoms with Gasteiger partial charge in [-0.2, -0.15) is 0 Å². The van der Waals surface area contributed by atoms with Gasteiger partial charge >= 0.3 is 5.97 Å². The van der Waals surface area contributed by atoms with Crippen molar-refractivity contribution in [3.05, 3.63) is 29.8 Å². The van der Waals surface area contributed by atoms with Gasteiger partial charge in [0.05, 0.1) is 17.8 Å². The van der Waals surface area contributed by atoms with Gasteiger partial charge in [-0.3, -0.25) is 9.79 Å². The number of carbonyl (C=O) groups is 2. The van der Waals surface area contributed by atoms with Gasteiger partial charge in [0, 0.05) is 6.04 Å². The van der Waals surface area contributed by atoms with Crippen LogP contribution in [0.4, 0.5) is 5.69 Å². The lowest BCUT2D eigenvalue weighted by Crippen LogP contribution is -2.36. The van der Waals surface area contributed by atoms with Gasteiger partial charge in [-0.15, -0.1) is 0 Å². The minimum absolute atomic E-state index is 0.0532. The molecule has 1 aromatic carbocycles. The summed E-state index contributed by atoms with van der Waals surface area (Å²) in [5, 5.41) is 14.4. The van der Waals surface area contributed by atoms with E-state index in [1.165, 1.54) is 6.07 Å². The van der Waals surface area contributed by atoms with Gasteiger partial charge in [0.25, 0.3) is 5.91 Å². The number of nitrogens with one attached hydrogen (secondary N) is 2. The Morgan fingerprint density at radius 1 is 1.44 bits per heavy atom. The van der Waals surface area contributed by atoms with Crippen LogP contribution in [0.15, 0.2) is 29.3 Å². The molecule has 0 aliphatic carbocycles. The smallest absolute Gasteiger partial charge is 0.337 e. The van der Waals surface area contributed by atoms with Gasteiger partial charge in [0.2, 0.25) is 0 Å². The highest BCUT2D eigenvalue weighted by molar-refractivity contribution is 6.42. The molecular formula is C12H13N3O3. The molecule has 6 heteroatoms. The van der Waals surface area contributed by atoms with Gasteiger partial charge in [0.1, 0.15) is 0 Å². The number of nitrogens with zero attached hydrogens (tertiary/aromatic N) is 1. The largest absolute Gasteiger partial charge is 0.478 e. The van der Waals surface area contributed by atoms with E-state index in [1.807, 2.05) is 6.92 Å². The number of carbonyl (C=O) groups excluding carboxylic acids is 1.